The predicted molar refractivity (Wildman–Crippen MR) is 251 cm³/mol. The van der Waals surface area contributed by atoms with E-state index in [1.54, 1.807) is 54.7 Å². The van der Waals surface area contributed by atoms with Gasteiger partial charge in [-0.05, 0) is 69.0 Å². The maximum atomic E-state index is 13.7. The predicted octanol–water partition coefficient (Wildman–Crippen LogP) is 3.59. The highest BCUT2D eigenvalue weighted by molar-refractivity contribution is 9.10. The van der Waals surface area contributed by atoms with Crippen molar-refractivity contribution in [3.8, 4) is 11.5 Å². The lowest BCUT2D eigenvalue weighted by Gasteiger charge is -2.24. The third-order valence-corrected chi connectivity index (χ3v) is 12.4. The fourth-order valence-corrected chi connectivity index (χ4v) is 8.85. The van der Waals surface area contributed by atoms with Crippen LogP contribution in [0.5, 0.6) is 11.5 Å². The number of halogens is 3. The molecule has 2 aliphatic rings. The highest BCUT2D eigenvalue weighted by atomic mass is 79.9. The largest absolute Gasteiger partial charge is 0.505 e. The van der Waals surface area contributed by atoms with Crippen LogP contribution in [0, 0.1) is 11.6 Å². The molecule has 7 N–H and O–H groups in total. The smallest absolute Gasteiger partial charge is 0.267 e. The molecular formula is C48H41BrF2N8O10. The third-order valence-electron chi connectivity index (χ3n) is 11.5. The molecule has 9 rings (SSSR count). The number of benzene rings is 3. The summed E-state index contributed by atoms with van der Waals surface area (Å²) in [6.07, 6.45) is 3.79. The average molecular weight is 1010 g/mol. The number of nitrogens with zero attached hydrogens (tertiary/aromatic N) is 5. The van der Waals surface area contributed by atoms with Crippen molar-refractivity contribution in [1.82, 2.24) is 34.6 Å². The molecule has 69 heavy (non-hydrogen) atoms. The Morgan fingerprint density at radius 3 is 1.71 bits per heavy atom. The van der Waals surface area contributed by atoms with Gasteiger partial charge in [0.2, 0.25) is 0 Å². The first-order chi connectivity index (χ1) is 33.2. The first-order valence-electron chi connectivity index (χ1n) is 21.4. The zero-order chi connectivity index (χ0) is 49.1. The molecule has 0 atom stereocenters. The molecule has 0 radical (unpaired) electrons. The van der Waals surface area contributed by atoms with E-state index in [9.17, 15) is 47.8 Å². The van der Waals surface area contributed by atoms with Crippen LogP contribution in [-0.4, -0.2) is 107 Å². The normalized spacial score (nSPS) is 12.7. The van der Waals surface area contributed by atoms with Crippen molar-refractivity contribution < 1.29 is 48.4 Å². The Bertz CT molecular complexity index is 3290. The Hall–Kier alpha value is -7.88. The summed E-state index contributed by atoms with van der Waals surface area (Å²) < 4.78 is 29.6. The van der Waals surface area contributed by atoms with E-state index in [-0.39, 0.29) is 72.9 Å². The summed E-state index contributed by atoms with van der Waals surface area (Å²) >= 11 is 3.51. The maximum Gasteiger partial charge on any atom is 0.267 e. The number of rotatable bonds is 13. The van der Waals surface area contributed by atoms with E-state index in [0.29, 0.717) is 47.2 Å². The number of carbonyl (C=O) groups is 4. The summed E-state index contributed by atoms with van der Waals surface area (Å²) in [5, 5.41) is 47.5. The summed E-state index contributed by atoms with van der Waals surface area (Å²) in [4.78, 5) is 87.2. The van der Waals surface area contributed by atoms with Crippen LogP contribution in [-0.2, 0) is 25.9 Å². The van der Waals surface area contributed by atoms with Crippen LogP contribution in [0.2, 0.25) is 0 Å². The Morgan fingerprint density at radius 2 is 1.17 bits per heavy atom. The Balaban J connectivity index is 0.000000196. The number of fused-ring (bicyclic) bond motifs is 2. The molecule has 21 heteroatoms. The van der Waals surface area contributed by atoms with Gasteiger partial charge in [-0.1, -0.05) is 36.4 Å². The summed E-state index contributed by atoms with van der Waals surface area (Å²) in [5.41, 5.74) is 2.36. The molecule has 2 aliphatic heterocycles. The highest BCUT2D eigenvalue weighted by Crippen LogP contribution is 2.36. The lowest BCUT2D eigenvalue weighted by atomic mass is 10.0. The van der Waals surface area contributed by atoms with Crippen molar-refractivity contribution >= 4 is 67.3 Å². The van der Waals surface area contributed by atoms with Crippen molar-refractivity contribution in [2.24, 2.45) is 0 Å². The van der Waals surface area contributed by atoms with Gasteiger partial charge in [-0.15, -0.1) is 0 Å². The van der Waals surface area contributed by atoms with Gasteiger partial charge >= 0.3 is 0 Å². The SMILES string of the molecule is O=C(NCCO)c1c(O)c2ncc(Cc3ccc(F)cc3)c(Br)c2n(CCN2C(=O)c3ccccc3C2=O)c1=O.O=C(NCCO)c1c(O)c2ncc(Cc3ccc(F)cc3)c3c2n(c1=O)CCN3. The van der Waals surface area contributed by atoms with Crippen molar-refractivity contribution in [2.45, 2.75) is 25.9 Å². The number of aromatic hydroxyl groups is 2. The average Bonchev–Trinajstić information content (AvgIpc) is 3.59. The molecule has 0 aliphatic carbocycles. The van der Waals surface area contributed by atoms with E-state index in [1.807, 2.05) is 0 Å². The monoisotopic (exact) mass is 1010 g/mol. The molecule has 0 spiro atoms. The van der Waals surface area contributed by atoms with Crippen LogP contribution in [0.3, 0.4) is 0 Å². The zero-order valence-corrected chi connectivity index (χ0v) is 37.8. The molecule has 3 aromatic carbocycles. The number of aliphatic hydroxyl groups excluding tert-OH is 2. The van der Waals surface area contributed by atoms with Gasteiger partial charge in [-0.3, -0.25) is 43.6 Å². The van der Waals surface area contributed by atoms with Gasteiger partial charge in [0.1, 0.15) is 33.8 Å². The Morgan fingerprint density at radius 1 is 0.681 bits per heavy atom. The van der Waals surface area contributed by atoms with Gasteiger partial charge < -0.3 is 45.5 Å². The lowest BCUT2D eigenvalue weighted by Crippen LogP contribution is -2.38. The first kappa shape index (κ1) is 47.6. The van der Waals surface area contributed by atoms with E-state index in [1.165, 1.54) is 39.6 Å². The fraction of sp³-hybridized carbons (Fsp3) is 0.208. The molecule has 18 nitrogen and oxygen atoms in total. The number of carbonyl (C=O) groups excluding carboxylic acids is 4. The van der Waals surface area contributed by atoms with Crippen LogP contribution >= 0.6 is 15.9 Å². The number of aliphatic hydroxyl groups is 2. The van der Waals surface area contributed by atoms with Crippen molar-refractivity contribution in [3.05, 3.63) is 167 Å². The second kappa shape index (κ2) is 20.1. The standard InChI is InChI=1S/C28H22BrFN4O6.C20H19FN4O4/c29-21-16(13-15-5-7-17(30)8-6-15)14-32-22-23(21)33(28(40)20(24(22)36)25(37)31-9-12-35)10-11-34-26(38)18-3-1-2-4-19(18)27(34)39;21-13-3-1-11(2-4-13)9-12-10-24-16-17-15(12)22-5-7-25(17)20(29)14(18(16)27)19(28)23-6-8-26/h1-8,14,35-36H,9-13H2,(H,31,37);1-4,10,22,26-27H,5-9H2,(H,23,28). The van der Waals surface area contributed by atoms with Crippen molar-refractivity contribution in [1.29, 1.82) is 0 Å². The Labute approximate surface area is 397 Å². The van der Waals surface area contributed by atoms with Gasteiger partial charge in [0.05, 0.1) is 41.1 Å². The van der Waals surface area contributed by atoms with E-state index in [4.69, 9.17) is 10.2 Å². The number of pyridine rings is 4. The maximum absolute atomic E-state index is 13.7. The van der Waals surface area contributed by atoms with Crippen LogP contribution < -0.4 is 27.1 Å². The van der Waals surface area contributed by atoms with Crippen molar-refractivity contribution in [3.63, 3.8) is 0 Å². The van der Waals surface area contributed by atoms with Gasteiger partial charge in [-0.2, -0.15) is 0 Å². The second-order valence-electron chi connectivity index (χ2n) is 15.8. The van der Waals surface area contributed by atoms with Crippen LogP contribution in [0.25, 0.3) is 22.1 Å². The fourth-order valence-electron chi connectivity index (χ4n) is 8.21. The summed E-state index contributed by atoms with van der Waals surface area (Å²) in [6, 6.07) is 18.3. The summed E-state index contributed by atoms with van der Waals surface area (Å²) in [5.74, 6) is -4.55. The van der Waals surface area contributed by atoms with Crippen LogP contribution in [0.15, 0.2) is 99.3 Å². The molecule has 0 saturated heterocycles. The third kappa shape index (κ3) is 9.26. The minimum absolute atomic E-state index is 0.0351. The van der Waals surface area contributed by atoms with Crippen LogP contribution in [0.4, 0.5) is 14.5 Å². The zero-order valence-electron chi connectivity index (χ0n) is 36.3. The Kier molecular flexibility index (Phi) is 13.9. The second-order valence-corrected chi connectivity index (χ2v) is 16.6. The van der Waals surface area contributed by atoms with E-state index in [2.05, 4.69) is 41.8 Å². The number of anilines is 1. The minimum Gasteiger partial charge on any atom is -0.505 e. The van der Waals surface area contributed by atoms with Gasteiger partial charge in [0.15, 0.2) is 11.5 Å². The number of aromatic nitrogens is 4. The number of hydrogen-bond donors (Lipinski definition) is 7. The molecule has 4 amide bonds. The minimum atomic E-state index is -0.916. The van der Waals surface area contributed by atoms with E-state index >= 15 is 0 Å². The number of amides is 4. The molecule has 7 aromatic rings. The summed E-state index contributed by atoms with van der Waals surface area (Å²) in [7, 11) is 0. The van der Waals surface area contributed by atoms with Gasteiger partial charge in [-0.25, -0.2) is 8.78 Å². The summed E-state index contributed by atoms with van der Waals surface area (Å²) in [6.45, 7) is -0.488. The number of imide groups is 1. The highest BCUT2D eigenvalue weighted by Gasteiger charge is 2.35. The number of nitrogens with one attached hydrogen (secondary N) is 3. The molecule has 0 fully saturated rings. The molecule has 4 aromatic heterocycles. The topological polar surface area (TPSA) is 258 Å². The molecular weight excluding hydrogens is 966 g/mol. The van der Waals surface area contributed by atoms with E-state index < -0.39 is 63.2 Å². The molecule has 0 bridgehead atoms. The lowest BCUT2D eigenvalue weighted by molar-refractivity contribution is 0.0647. The number of hydrogen-bond acceptors (Lipinski definition) is 13. The molecule has 6 heterocycles. The quantitative estimate of drug-likeness (QED) is 0.0817. The first-order valence-corrected chi connectivity index (χ1v) is 22.2. The van der Waals surface area contributed by atoms with Gasteiger partial charge in [0.25, 0.3) is 34.7 Å². The van der Waals surface area contributed by atoms with Crippen LogP contribution in [0.1, 0.15) is 63.7 Å². The molecule has 0 saturated carbocycles. The van der Waals surface area contributed by atoms with Gasteiger partial charge in [0, 0.05) is 74.5 Å². The van der Waals surface area contributed by atoms with Crippen molar-refractivity contribution in [2.75, 3.05) is 44.7 Å². The van der Waals surface area contributed by atoms with E-state index in [0.717, 1.165) is 21.6 Å². The molecule has 354 valence electrons. The molecule has 0 unspecified atom stereocenters.